The van der Waals surface area contributed by atoms with Crippen LogP contribution in [-0.4, -0.2) is 4.98 Å². The number of aromatic nitrogens is 1. The van der Waals surface area contributed by atoms with Crippen LogP contribution in [0.25, 0.3) is 10.9 Å². The van der Waals surface area contributed by atoms with Crippen LogP contribution in [0.15, 0.2) is 30.5 Å². The van der Waals surface area contributed by atoms with Gasteiger partial charge in [0, 0.05) is 17.5 Å². The minimum absolute atomic E-state index is 0.191. The molecule has 0 amide bonds. The van der Waals surface area contributed by atoms with Gasteiger partial charge in [0.15, 0.2) is 0 Å². The molecule has 2 saturated carbocycles. The Kier molecular flexibility index (Phi) is 3.33. The van der Waals surface area contributed by atoms with Gasteiger partial charge < -0.3 is 0 Å². The minimum Gasteiger partial charge on any atom is -0.256 e. The zero-order valence-corrected chi connectivity index (χ0v) is 12.5. The van der Waals surface area contributed by atoms with E-state index < -0.39 is 0 Å². The van der Waals surface area contributed by atoms with Gasteiger partial charge in [-0.15, -0.1) is 0 Å². The first-order valence-corrected chi connectivity index (χ1v) is 8.20. The molecule has 0 spiro atoms. The van der Waals surface area contributed by atoms with Crippen molar-refractivity contribution < 1.29 is 4.39 Å². The average molecular weight is 294 g/mol. The highest BCUT2D eigenvalue weighted by Crippen LogP contribution is 2.50. The fourth-order valence-corrected chi connectivity index (χ4v) is 4.66. The fourth-order valence-electron chi connectivity index (χ4n) is 4.66. The lowest BCUT2D eigenvalue weighted by Gasteiger charge is -2.43. The maximum absolute atomic E-state index is 13.7. The third-order valence-corrected chi connectivity index (χ3v) is 5.74. The molecule has 2 aliphatic carbocycles. The van der Waals surface area contributed by atoms with E-state index in [0.717, 1.165) is 43.0 Å². The first-order chi connectivity index (χ1) is 10.8. The van der Waals surface area contributed by atoms with Crippen molar-refractivity contribution in [3.8, 4) is 6.07 Å². The van der Waals surface area contributed by atoms with E-state index >= 15 is 0 Å². The topological polar surface area (TPSA) is 36.7 Å². The Morgan fingerprint density at radius 1 is 1.09 bits per heavy atom. The molecule has 22 heavy (non-hydrogen) atoms. The quantitative estimate of drug-likeness (QED) is 0.757. The third-order valence-electron chi connectivity index (χ3n) is 5.74. The molecule has 1 aromatic heterocycles. The normalized spacial score (nSPS) is 30.9. The van der Waals surface area contributed by atoms with E-state index in [1.54, 1.807) is 12.1 Å². The number of rotatable bonds is 1. The Balaban J connectivity index is 1.72. The minimum atomic E-state index is -0.191. The molecule has 4 unspecified atom stereocenters. The van der Waals surface area contributed by atoms with Crippen LogP contribution >= 0.6 is 0 Å². The van der Waals surface area contributed by atoms with Crippen molar-refractivity contribution in [1.29, 1.82) is 5.26 Å². The van der Waals surface area contributed by atoms with Crippen LogP contribution in [0, 0.1) is 34.9 Å². The van der Waals surface area contributed by atoms with E-state index in [1.165, 1.54) is 11.6 Å². The van der Waals surface area contributed by atoms with Gasteiger partial charge >= 0.3 is 0 Å². The van der Waals surface area contributed by atoms with E-state index in [9.17, 15) is 9.65 Å². The summed E-state index contributed by atoms with van der Waals surface area (Å²) in [5.41, 5.74) is 2.13. The Hall–Kier alpha value is -1.95. The van der Waals surface area contributed by atoms with Crippen LogP contribution in [0.2, 0.25) is 0 Å². The molecule has 0 aliphatic heterocycles. The number of nitriles is 1. The molecule has 3 heteroatoms. The van der Waals surface area contributed by atoms with Crippen molar-refractivity contribution in [1.82, 2.24) is 4.98 Å². The first-order valence-electron chi connectivity index (χ1n) is 8.20. The van der Waals surface area contributed by atoms with Gasteiger partial charge in [0.05, 0.1) is 11.6 Å². The van der Waals surface area contributed by atoms with E-state index in [4.69, 9.17) is 0 Å². The zero-order valence-electron chi connectivity index (χ0n) is 12.5. The van der Waals surface area contributed by atoms with Gasteiger partial charge in [-0.3, -0.25) is 4.98 Å². The third kappa shape index (κ3) is 2.18. The number of pyridine rings is 1. The second-order valence-electron chi connectivity index (χ2n) is 6.81. The van der Waals surface area contributed by atoms with E-state index in [-0.39, 0.29) is 11.7 Å². The summed E-state index contributed by atoms with van der Waals surface area (Å²) in [4.78, 5) is 4.37. The highest BCUT2D eigenvalue weighted by molar-refractivity contribution is 5.82. The summed E-state index contributed by atoms with van der Waals surface area (Å²) in [6, 6.07) is 9.44. The molecule has 112 valence electrons. The molecule has 0 radical (unpaired) electrons. The van der Waals surface area contributed by atoms with Gasteiger partial charge in [-0.05, 0) is 79.7 Å². The SMILES string of the molecule is N#CC1CCC2CC1CCC2c1ccnc2ccc(F)cc12. The Bertz CT molecular complexity index is 749. The van der Waals surface area contributed by atoms with Crippen molar-refractivity contribution in [2.24, 2.45) is 17.8 Å². The number of benzene rings is 1. The molecule has 1 heterocycles. The van der Waals surface area contributed by atoms with Crippen molar-refractivity contribution in [2.45, 2.75) is 38.0 Å². The highest BCUT2D eigenvalue weighted by atomic mass is 19.1. The Morgan fingerprint density at radius 3 is 2.82 bits per heavy atom. The molecule has 2 aromatic rings. The highest BCUT2D eigenvalue weighted by Gasteiger charge is 2.39. The average Bonchev–Trinajstić information content (AvgIpc) is 2.55. The number of hydrogen-bond donors (Lipinski definition) is 0. The second kappa shape index (κ2) is 5.35. The monoisotopic (exact) mass is 294 g/mol. The van der Waals surface area contributed by atoms with Crippen LogP contribution in [0.3, 0.4) is 0 Å². The summed E-state index contributed by atoms with van der Waals surface area (Å²) in [6.07, 6.45) is 7.39. The largest absolute Gasteiger partial charge is 0.256 e. The summed E-state index contributed by atoms with van der Waals surface area (Å²) in [5.74, 6) is 1.76. The number of fused-ring (bicyclic) bond motifs is 3. The molecule has 0 N–H and O–H groups in total. The summed E-state index contributed by atoms with van der Waals surface area (Å²) < 4.78 is 13.7. The molecule has 4 atom stereocenters. The van der Waals surface area contributed by atoms with Crippen LogP contribution in [0.4, 0.5) is 4.39 Å². The molecular formula is C19H19FN2. The number of halogens is 1. The van der Waals surface area contributed by atoms with Gasteiger partial charge in [-0.1, -0.05) is 0 Å². The summed E-state index contributed by atoms with van der Waals surface area (Å²) in [6.45, 7) is 0. The standard InChI is InChI=1S/C19H19FN2/c20-15-4-6-19-18(10-15)17(7-8-22-19)16-5-3-12-9-13(16)1-2-14(12)11-21/h4,6-8,10,12-14,16H,1-3,5,9H2. The van der Waals surface area contributed by atoms with Crippen molar-refractivity contribution in [3.05, 3.63) is 41.8 Å². The predicted octanol–water partition coefficient (Wildman–Crippen LogP) is 4.81. The van der Waals surface area contributed by atoms with Crippen molar-refractivity contribution >= 4 is 10.9 Å². The van der Waals surface area contributed by atoms with Gasteiger partial charge in [0.1, 0.15) is 5.82 Å². The Labute approximate surface area is 130 Å². The smallest absolute Gasteiger partial charge is 0.123 e. The molecule has 2 fully saturated rings. The summed E-state index contributed by atoms with van der Waals surface area (Å²) in [7, 11) is 0. The lowest BCUT2D eigenvalue weighted by molar-refractivity contribution is 0.130. The Morgan fingerprint density at radius 2 is 1.95 bits per heavy atom. The molecule has 2 aliphatic rings. The van der Waals surface area contributed by atoms with E-state index in [1.807, 2.05) is 6.20 Å². The lowest BCUT2D eigenvalue weighted by atomic mass is 9.61. The maximum Gasteiger partial charge on any atom is 0.123 e. The van der Waals surface area contributed by atoms with Crippen LogP contribution in [0.5, 0.6) is 0 Å². The lowest BCUT2D eigenvalue weighted by Crippen LogP contribution is -2.32. The molecule has 1 aromatic carbocycles. The number of nitrogens with zero attached hydrogens (tertiary/aromatic N) is 2. The van der Waals surface area contributed by atoms with Crippen LogP contribution in [-0.2, 0) is 0 Å². The summed E-state index contributed by atoms with van der Waals surface area (Å²) >= 11 is 0. The molecule has 2 bridgehead atoms. The molecular weight excluding hydrogens is 275 g/mol. The molecule has 2 nitrogen and oxygen atoms in total. The van der Waals surface area contributed by atoms with Crippen molar-refractivity contribution in [2.75, 3.05) is 0 Å². The number of hydrogen-bond acceptors (Lipinski definition) is 2. The first kappa shape index (κ1) is 13.7. The van der Waals surface area contributed by atoms with Gasteiger partial charge in [-0.25, -0.2) is 4.39 Å². The van der Waals surface area contributed by atoms with Gasteiger partial charge in [-0.2, -0.15) is 5.26 Å². The summed E-state index contributed by atoms with van der Waals surface area (Å²) in [5, 5.41) is 10.2. The van der Waals surface area contributed by atoms with Crippen LogP contribution < -0.4 is 0 Å². The molecule has 0 saturated heterocycles. The molecule has 4 rings (SSSR count). The van der Waals surface area contributed by atoms with E-state index in [0.29, 0.717) is 17.8 Å². The second-order valence-corrected chi connectivity index (χ2v) is 6.81. The predicted molar refractivity (Wildman–Crippen MR) is 83.6 cm³/mol. The van der Waals surface area contributed by atoms with Crippen molar-refractivity contribution in [3.63, 3.8) is 0 Å². The van der Waals surface area contributed by atoms with Crippen LogP contribution in [0.1, 0.15) is 43.6 Å². The maximum atomic E-state index is 13.7. The van der Waals surface area contributed by atoms with Gasteiger partial charge in [0.2, 0.25) is 0 Å². The van der Waals surface area contributed by atoms with E-state index in [2.05, 4.69) is 17.1 Å². The van der Waals surface area contributed by atoms with Gasteiger partial charge in [0.25, 0.3) is 0 Å². The zero-order chi connectivity index (χ0) is 15.1. The fraction of sp³-hybridized carbons (Fsp3) is 0.474.